The predicted octanol–water partition coefficient (Wildman–Crippen LogP) is 5.45. The normalized spacial score (nSPS) is 14.5. The molecule has 0 saturated carbocycles. The van der Waals surface area contributed by atoms with Crippen molar-refractivity contribution < 1.29 is 23.0 Å². The van der Waals surface area contributed by atoms with Crippen LogP contribution in [-0.4, -0.2) is 66.5 Å². The Hall–Kier alpha value is -5.76. The Labute approximate surface area is 292 Å². The molecule has 51 heavy (non-hydrogen) atoms. The van der Waals surface area contributed by atoms with Crippen molar-refractivity contribution in [3.63, 3.8) is 0 Å². The highest BCUT2D eigenvalue weighted by Crippen LogP contribution is 2.32. The fraction of sp³-hybridized carbons (Fsp3) is 0.297. The Balaban J connectivity index is 0.976. The SMILES string of the molecule is CC[C@@H]([C@@H](C)O)n1c(=O)ncn1-c1ccc(N2CCN(c3ccc(OCc4cc(Cn5cncn5)oc4-c4ccc(F)cc4F)cc3)CC2)cc1. The van der Waals surface area contributed by atoms with Crippen molar-refractivity contribution in [3.8, 4) is 22.8 Å². The highest BCUT2D eigenvalue weighted by atomic mass is 19.1. The quantitative estimate of drug-likeness (QED) is 0.178. The number of aromatic nitrogens is 6. The van der Waals surface area contributed by atoms with E-state index in [2.05, 4.69) is 24.9 Å². The topological polar surface area (TPSA) is 120 Å². The minimum absolute atomic E-state index is 0.114. The molecule has 4 heterocycles. The van der Waals surface area contributed by atoms with Gasteiger partial charge in [0.1, 0.15) is 61.0 Å². The van der Waals surface area contributed by atoms with E-state index in [1.54, 1.807) is 28.7 Å². The van der Waals surface area contributed by atoms with Gasteiger partial charge in [0, 0.05) is 49.2 Å². The average molecular weight is 697 g/mol. The largest absolute Gasteiger partial charge is 0.489 e. The van der Waals surface area contributed by atoms with Gasteiger partial charge in [0.15, 0.2) is 0 Å². The molecule has 2 atom stereocenters. The van der Waals surface area contributed by atoms with Gasteiger partial charge in [0.05, 0.1) is 23.4 Å². The smallest absolute Gasteiger partial charge is 0.364 e. The molecule has 14 heteroatoms. The number of hydrogen-bond acceptors (Lipinski definition) is 9. The lowest BCUT2D eigenvalue weighted by Gasteiger charge is -2.37. The van der Waals surface area contributed by atoms with Crippen LogP contribution >= 0.6 is 0 Å². The zero-order chi connectivity index (χ0) is 35.5. The predicted molar refractivity (Wildman–Crippen MR) is 187 cm³/mol. The maximum atomic E-state index is 14.8. The van der Waals surface area contributed by atoms with Gasteiger partial charge in [0.25, 0.3) is 0 Å². The lowest BCUT2D eigenvalue weighted by molar-refractivity contribution is 0.114. The number of furan rings is 1. The van der Waals surface area contributed by atoms with Gasteiger partial charge in [-0.3, -0.25) is 0 Å². The summed E-state index contributed by atoms with van der Waals surface area (Å²) < 4.78 is 45.3. The molecule has 3 aromatic heterocycles. The number of piperazine rings is 1. The molecule has 0 aliphatic carbocycles. The molecule has 1 fully saturated rings. The molecule has 12 nitrogen and oxygen atoms in total. The lowest BCUT2D eigenvalue weighted by atomic mass is 10.1. The molecular formula is C37H38F2N8O4. The molecule has 3 aromatic carbocycles. The van der Waals surface area contributed by atoms with Gasteiger partial charge in [-0.1, -0.05) is 6.92 Å². The standard InChI is InChI=1S/C37H38F2N8O4/c1-3-35(25(2)48)47-37(49)41-24-46(47)30-7-5-28(6-8-30)43-14-16-44(17-15-43)29-9-11-31(12-10-29)50-21-26-18-32(20-45-23-40-22-42-45)51-36(26)33-13-4-27(38)19-34(33)39/h4-13,18-19,22-25,35,48H,3,14-17,20-21H2,1-2H3/t25-,35+/m1/s1. The van der Waals surface area contributed by atoms with E-state index in [1.807, 2.05) is 55.5 Å². The molecule has 264 valence electrons. The van der Waals surface area contributed by atoms with E-state index < -0.39 is 17.7 Å². The Bertz CT molecular complexity index is 2120. The zero-order valence-corrected chi connectivity index (χ0v) is 28.3. The Kier molecular flexibility index (Phi) is 9.66. The number of ether oxygens (including phenoxy) is 1. The summed E-state index contributed by atoms with van der Waals surface area (Å²) in [5.74, 6) is 0.0582. The van der Waals surface area contributed by atoms with E-state index in [0.717, 1.165) is 49.3 Å². The van der Waals surface area contributed by atoms with Crippen molar-refractivity contribution in [2.75, 3.05) is 36.0 Å². The summed E-state index contributed by atoms with van der Waals surface area (Å²) in [6.07, 6.45) is 4.39. The van der Waals surface area contributed by atoms with E-state index in [-0.39, 0.29) is 29.7 Å². The monoisotopic (exact) mass is 696 g/mol. The Morgan fingerprint density at radius 3 is 2.18 bits per heavy atom. The number of hydrogen-bond donors (Lipinski definition) is 1. The first-order valence-corrected chi connectivity index (χ1v) is 16.8. The fourth-order valence-electron chi connectivity index (χ4n) is 6.52. The second kappa shape index (κ2) is 14.6. The van der Waals surface area contributed by atoms with Gasteiger partial charge < -0.3 is 24.1 Å². The molecule has 1 aliphatic heterocycles. The summed E-state index contributed by atoms with van der Waals surface area (Å²) in [6.45, 7) is 7.33. The molecule has 0 unspecified atom stereocenters. The number of nitrogens with zero attached hydrogens (tertiary/aromatic N) is 8. The van der Waals surface area contributed by atoms with E-state index in [1.165, 1.54) is 29.5 Å². The molecule has 7 rings (SSSR count). The van der Waals surface area contributed by atoms with Crippen molar-refractivity contribution in [2.45, 2.75) is 45.6 Å². The average Bonchev–Trinajstić information content (AvgIpc) is 3.89. The van der Waals surface area contributed by atoms with Crippen LogP contribution in [0.4, 0.5) is 20.2 Å². The minimum atomic E-state index is -0.723. The maximum absolute atomic E-state index is 14.8. The van der Waals surface area contributed by atoms with Crippen LogP contribution in [0, 0.1) is 11.6 Å². The van der Waals surface area contributed by atoms with Crippen LogP contribution in [0.3, 0.4) is 0 Å². The van der Waals surface area contributed by atoms with Crippen LogP contribution in [0.25, 0.3) is 17.0 Å². The summed E-state index contributed by atoms with van der Waals surface area (Å²) in [6, 6.07) is 20.7. The number of halogens is 2. The third kappa shape index (κ3) is 7.26. The Morgan fingerprint density at radius 1 is 0.902 bits per heavy atom. The van der Waals surface area contributed by atoms with Gasteiger partial charge in [-0.25, -0.2) is 32.6 Å². The van der Waals surface area contributed by atoms with Crippen molar-refractivity contribution in [3.05, 3.63) is 125 Å². The van der Waals surface area contributed by atoms with Crippen LogP contribution in [0.15, 0.2) is 101 Å². The molecular weight excluding hydrogens is 658 g/mol. The fourth-order valence-corrected chi connectivity index (χ4v) is 6.52. The van der Waals surface area contributed by atoms with Crippen LogP contribution in [0.1, 0.15) is 37.6 Å². The van der Waals surface area contributed by atoms with Crippen molar-refractivity contribution >= 4 is 11.4 Å². The van der Waals surface area contributed by atoms with Gasteiger partial charge in [0.2, 0.25) is 0 Å². The first-order chi connectivity index (χ1) is 24.8. The van der Waals surface area contributed by atoms with Gasteiger partial charge in [-0.2, -0.15) is 10.1 Å². The molecule has 1 saturated heterocycles. The number of aliphatic hydroxyl groups excluding tert-OH is 1. The van der Waals surface area contributed by atoms with Crippen LogP contribution < -0.4 is 20.2 Å². The van der Waals surface area contributed by atoms with Crippen LogP contribution in [0.2, 0.25) is 0 Å². The summed E-state index contributed by atoms with van der Waals surface area (Å²) >= 11 is 0. The van der Waals surface area contributed by atoms with E-state index in [0.29, 0.717) is 30.0 Å². The van der Waals surface area contributed by atoms with Crippen molar-refractivity contribution in [2.24, 2.45) is 0 Å². The molecule has 0 radical (unpaired) electrons. The number of aliphatic hydroxyl groups is 1. The molecule has 0 bridgehead atoms. The molecule has 0 amide bonds. The number of benzene rings is 3. The second-order valence-electron chi connectivity index (χ2n) is 12.5. The molecule has 1 aliphatic rings. The van der Waals surface area contributed by atoms with Gasteiger partial charge >= 0.3 is 5.69 Å². The summed E-state index contributed by atoms with van der Waals surface area (Å²) in [4.78, 5) is 25.0. The number of anilines is 2. The van der Waals surface area contributed by atoms with Crippen molar-refractivity contribution in [1.82, 2.24) is 29.1 Å². The van der Waals surface area contributed by atoms with Gasteiger partial charge in [-0.05, 0) is 80.1 Å². The third-order valence-electron chi connectivity index (χ3n) is 9.17. The van der Waals surface area contributed by atoms with Crippen LogP contribution in [0.5, 0.6) is 5.75 Å². The summed E-state index contributed by atoms with van der Waals surface area (Å²) in [5, 5.41) is 14.3. The third-order valence-corrected chi connectivity index (χ3v) is 9.17. The second-order valence-corrected chi connectivity index (χ2v) is 12.5. The lowest BCUT2D eigenvalue weighted by Crippen LogP contribution is -2.46. The molecule has 0 spiro atoms. The van der Waals surface area contributed by atoms with E-state index in [9.17, 15) is 18.7 Å². The van der Waals surface area contributed by atoms with Gasteiger partial charge in [-0.15, -0.1) is 0 Å². The Morgan fingerprint density at radius 2 is 1.57 bits per heavy atom. The van der Waals surface area contributed by atoms with E-state index >= 15 is 0 Å². The first kappa shape index (κ1) is 33.7. The maximum Gasteiger partial charge on any atom is 0.364 e. The highest BCUT2D eigenvalue weighted by Gasteiger charge is 2.23. The first-order valence-electron chi connectivity index (χ1n) is 16.8. The van der Waals surface area contributed by atoms with Crippen molar-refractivity contribution in [1.29, 1.82) is 0 Å². The highest BCUT2D eigenvalue weighted by molar-refractivity contribution is 5.63. The summed E-state index contributed by atoms with van der Waals surface area (Å²) in [5.41, 5.74) is 3.34. The molecule has 1 N–H and O–H groups in total. The van der Waals surface area contributed by atoms with E-state index in [4.69, 9.17) is 9.15 Å². The summed E-state index contributed by atoms with van der Waals surface area (Å²) in [7, 11) is 0. The van der Waals surface area contributed by atoms with Crippen LogP contribution in [-0.2, 0) is 13.2 Å². The molecule has 6 aromatic rings. The zero-order valence-electron chi connectivity index (χ0n) is 28.3. The number of rotatable bonds is 12. The minimum Gasteiger partial charge on any atom is -0.489 e.